The van der Waals surface area contributed by atoms with Crippen LogP contribution in [0.3, 0.4) is 0 Å². The Bertz CT molecular complexity index is 560. The van der Waals surface area contributed by atoms with Gasteiger partial charge in [0.05, 0.1) is 13.0 Å². The topological polar surface area (TPSA) is 87.7 Å². The fourth-order valence-corrected chi connectivity index (χ4v) is 5.04. The molecule has 0 unspecified atom stereocenters. The van der Waals surface area contributed by atoms with E-state index in [4.69, 9.17) is 4.74 Å². The maximum absolute atomic E-state index is 12.5. The van der Waals surface area contributed by atoms with Gasteiger partial charge in [-0.25, -0.2) is 0 Å². The lowest BCUT2D eigenvalue weighted by molar-refractivity contribution is -0.146. The fraction of sp³-hybridized carbons (Fsp3) is 0.864. The Morgan fingerprint density at radius 1 is 0.897 bits per heavy atom. The molecule has 3 aliphatic rings. The van der Waals surface area contributed by atoms with E-state index in [1.807, 2.05) is 4.90 Å². The van der Waals surface area contributed by atoms with Gasteiger partial charge < -0.3 is 20.3 Å². The maximum Gasteiger partial charge on any atom is 0.308 e. The summed E-state index contributed by atoms with van der Waals surface area (Å²) in [7, 11) is 1.43. The molecule has 0 spiro atoms. The van der Waals surface area contributed by atoms with Crippen molar-refractivity contribution < 1.29 is 19.1 Å². The molecular formula is C22H37N3O4. The molecule has 164 valence electrons. The van der Waals surface area contributed by atoms with Gasteiger partial charge in [-0.15, -0.1) is 0 Å². The van der Waals surface area contributed by atoms with E-state index < -0.39 is 0 Å². The van der Waals surface area contributed by atoms with Crippen LogP contribution >= 0.6 is 0 Å². The molecule has 0 aromatic heterocycles. The molecule has 0 aromatic rings. The molecule has 2 heterocycles. The van der Waals surface area contributed by atoms with Crippen molar-refractivity contribution in [1.29, 1.82) is 0 Å². The minimum absolute atomic E-state index is 0.0140. The Kier molecular flexibility index (Phi) is 8.33. The van der Waals surface area contributed by atoms with Crippen LogP contribution in [0.4, 0.5) is 0 Å². The lowest BCUT2D eigenvalue weighted by Crippen LogP contribution is -2.42. The van der Waals surface area contributed by atoms with Crippen molar-refractivity contribution in [3.05, 3.63) is 0 Å². The van der Waals surface area contributed by atoms with Crippen LogP contribution in [-0.4, -0.2) is 62.0 Å². The first-order valence-corrected chi connectivity index (χ1v) is 11.4. The van der Waals surface area contributed by atoms with Crippen molar-refractivity contribution in [2.24, 2.45) is 17.8 Å². The third-order valence-electron chi connectivity index (χ3n) is 6.99. The van der Waals surface area contributed by atoms with E-state index in [9.17, 15) is 14.4 Å². The van der Waals surface area contributed by atoms with Crippen LogP contribution < -0.4 is 10.6 Å². The smallest absolute Gasteiger partial charge is 0.308 e. The molecule has 0 aromatic carbocycles. The average Bonchev–Trinajstić information content (AvgIpc) is 2.75. The van der Waals surface area contributed by atoms with Gasteiger partial charge in [-0.2, -0.15) is 0 Å². The summed E-state index contributed by atoms with van der Waals surface area (Å²) >= 11 is 0. The first kappa shape index (κ1) is 22.1. The number of carbonyl (C=O) groups is 3. The molecule has 2 aliphatic heterocycles. The number of nitrogens with one attached hydrogen (secondary N) is 2. The second-order valence-corrected chi connectivity index (χ2v) is 9.07. The lowest BCUT2D eigenvalue weighted by Gasteiger charge is -2.34. The fourth-order valence-electron chi connectivity index (χ4n) is 5.04. The van der Waals surface area contributed by atoms with Crippen molar-refractivity contribution >= 4 is 17.8 Å². The maximum atomic E-state index is 12.5. The molecule has 29 heavy (non-hydrogen) atoms. The van der Waals surface area contributed by atoms with E-state index in [1.54, 1.807) is 0 Å². The summed E-state index contributed by atoms with van der Waals surface area (Å²) < 4.78 is 4.82. The molecule has 0 atom stereocenters. The van der Waals surface area contributed by atoms with Gasteiger partial charge in [-0.1, -0.05) is 0 Å². The molecule has 0 bridgehead atoms. The van der Waals surface area contributed by atoms with Gasteiger partial charge in [-0.05, 0) is 76.3 Å². The van der Waals surface area contributed by atoms with Crippen LogP contribution in [-0.2, 0) is 19.1 Å². The van der Waals surface area contributed by atoms with Gasteiger partial charge in [0.1, 0.15) is 0 Å². The highest BCUT2D eigenvalue weighted by Gasteiger charge is 2.29. The van der Waals surface area contributed by atoms with Gasteiger partial charge in [-0.3, -0.25) is 14.4 Å². The normalized spacial score (nSPS) is 26.7. The van der Waals surface area contributed by atoms with Crippen molar-refractivity contribution in [2.75, 3.05) is 33.3 Å². The standard InChI is InChI=1S/C22H37N3O4/c1-29-22(28)18-2-4-19(5-3-18)24-20(26)14-17-8-12-25(13-9-17)21(27)15-16-6-10-23-11-7-16/h16-19,23H,2-15H2,1H3,(H,24,26). The molecule has 1 aliphatic carbocycles. The molecule has 7 heteroatoms. The Hall–Kier alpha value is -1.63. The van der Waals surface area contributed by atoms with Crippen LogP contribution in [0.25, 0.3) is 0 Å². The van der Waals surface area contributed by atoms with Crippen LogP contribution in [0.5, 0.6) is 0 Å². The number of esters is 1. The molecule has 2 amide bonds. The third kappa shape index (κ3) is 6.69. The Balaban J connectivity index is 1.31. The van der Waals surface area contributed by atoms with Gasteiger partial charge in [0.15, 0.2) is 0 Å². The van der Waals surface area contributed by atoms with Crippen LogP contribution in [0, 0.1) is 17.8 Å². The quantitative estimate of drug-likeness (QED) is 0.656. The van der Waals surface area contributed by atoms with E-state index in [-0.39, 0.29) is 23.8 Å². The zero-order valence-corrected chi connectivity index (χ0v) is 17.8. The number of hydrogen-bond donors (Lipinski definition) is 2. The zero-order chi connectivity index (χ0) is 20.6. The number of likely N-dealkylation sites (tertiary alicyclic amines) is 1. The predicted molar refractivity (Wildman–Crippen MR) is 110 cm³/mol. The molecular weight excluding hydrogens is 370 g/mol. The van der Waals surface area contributed by atoms with Crippen molar-refractivity contribution in [2.45, 2.75) is 70.3 Å². The molecule has 3 rings (SSSR count). The largest absolute Gasteiger partial charge is 0.469 e. The highest BCUT2D eigenvalue weighted by atomic mass is 16.5. The van der Waals surface area contributed by atoms with Crippen molar-refractivity contribution in [3.8, 4) is 0 Å². The van der Waals surface area contributed by atoms with E-state index in [0.29, 0.717) is 30.6 Å². The summed E-state index contributed by atoms with van der Waals surface area (Å²) in [5, 5.41) is 6.50. The second kappa shape index (κ2) is 11.0. The number of nitrogens with zero attached hydrogens (tertiary/aromatic N) is 1. The van der Waals surface area contributed by atoms with Crippen LogP contribution in [0.1, 0.15) is 64.2 Å². The molecule has 2 N–H and O–H groups in total. The van der Waals surface area contributed by atoms with Gasteiger partial charge in [0.25, 0.3) is 0 Å². The number of hydrogen-bond acceptors (Lipinski definition) is 5. The molecule has 0 radical (unpaired) electrons. The highest BCUT2D eigenvalue weighted by molar-refractivity contribution is 5.77. The van der Waals surface area contributed by atoms with E-state index in [2.05, 4.69) is 10.6 Å². The number of rotatable bonds is 6. The molecule has 3 fully saturated rings. The summed E-state index contributed by atoms with van der Waals surface area (Å²) in [6.45, 7) is 3.62. The van der Waals surface area contributed by atoms with Gasteiger partial charge in [0, 0.05) is 32.0 Å². The number of piperidine rings is 2. The Morgan fingerprint density at radius 2 is 1.52 bits per heavy atom. The second-order valence-electron chi connectivity index (χ2n) is 9.07. The monoisotopic (exact) mass is 407 g/mol. The Morgan fingerprint density at radius 3 is 2.14 bits per heavy atom. The molecule has 1 saturated carbocycles. The van der Waals surface area contributed by atoms with Crippen LogP contribution in [0.15, 0.2) is 0 Å². The van der Waals surface area contributed by atoms with Gasteiger partial charge >= 0.3 is 5.97 Å². The van der Waals surface area contributed by atoms with E-state index >= 15 is 0 Å². The zero-order valence-electron chi connectivity index (χ0n) is 17.8. The summed E-state index contributed by atoms with van der Waals surface area (Å²) in [4.78, 5) is 38.6. The third-order valence-corrected chi connectivity index (χ3v) is 6.99. The first-order chi connectivity index (χ1) is 14.0. The summed E-state index contributed by atoms with van der Waals surface area (Å²) in [5.74, 6) is 1.16. The molecule has 2 saturated heterocycles. The SMILES string of the molecule is COC(=O)C1CCC(NC(=O)CC2CCN(C(=O)CC3CCNCC3)CC2)CC1. The van der Waals surface area contributed by atoms with Crippen molar-refractivity contribution in [3.63, 3.8) is 0 Å². The predicted octanol–water partition coefficient (Wildman–Crippen LogP) is 1.85. The van der Waals surface area contributed by atoms with Gasteiger partial charge in [0.2, 0.25) is 11.8 Å². The minimum Gasteiger partial charge on any atom is -0.469 e. The molecule has 7 nitrogen and oxygen atoms in total. The van der Waals surface area contributed by atoms with Crippen LogP contribution in [0.2, 0.25) is 0 Å². The van der Waals surface area contributed by atoms with E-state index in [0.717, 1.165) is 77.5 Å². The summed E-state index contributed by atoms with van der Waals surface area (Å²) in [6.07, 6.45) is 8.53. The first-order valence-electron chi connectivity index (χ1n) is 11.4. The van der Waals surface area contributed by atoms with E-state index in [1.165, 1.54) is 7.11 Å². The number of ether oxygens (including phenoxy) is 1. The number of methoxy groups -OCH3 is 1. The summed E-state index contributed by atoms with van der Waals surface area (Å²) in [6, 6.07) is 0.176. The summed E-state index contributed by atoms with van der Waals surface area (Å²) in [5.41, 5.74) is 0. The average molecular weight is 408 g/mol. The number of amides is 2. The lowest BCUT2D eigenvalue weighted by atomic mass is 9.85. The minimum atomic E-state index is -0.128. The highest BCUT2D eigenvalue weighted by Crippen LogP contribution is 2.27. The Labute approximate surface area is 174 Å². The number of carbonyl (C=O) groups excluding carboxylic acids is 3. The van der Waals surface area contributed by atoms with Crippen molar-refractivity contribution in [1.82, 2.24) is 15.5 Å².